The maximum absolute atomic E-state index is 13.3. The minimum absolute atomic E-state index is 0.00646. The molecule has 0 saturated heterocycles. The molecule has 0 N–H and O–H groups in total. The van der Waals surface area contributed by atoms with Crippen molar-refractivity contribution in [2.75, 3.05) is 18.0 Å². The Bertz CT molecular complexity index is 1140. The van der Waals surface area contributed by atoms with E-state index in [0.717, 1.165) is 40.8 Å². The molecule has 0 radical (unpaired) electrons. The summed E-state index contributed by atoms with van der Waals surface area (Å²) in [6.45, 7) is 3.96. The predicted octanol–water partition coefficient (Wildman–Crippen LogP) is 5.39. The van der Waals surface area contributed by atoms with Crippen molar-refractivity contribution >= 4 is 23.4 Å². The predicted molar refractivity (Wildman–Crippen MR) is 126 cm³/mol. The molecule has 0 aromatic heterocycles. The zero-order valence-electron chi connectivity index (χ0n) is 17.8. The fraction of sp³-hybridized carbons (Fsp3) is 0.231. The van der Waals surface area contributed by atoms with Gasteiger partial charge in [0.2, 0.25) is 0 Å². The lowest BCUT2D eigenvalue weighted by Gasteiger charge is -2.26. The lowest BCUT2D eigenvalue weighted by molar-refractivity contribution is -0.116. The van der Waals surface area contributed by atoms with Crippen molar-refractivity contribution in [1.29, 1.82) is 0 Å². The summed E-state index contributed by atoms with van der Waals surface area (Å²) in [4.78, 5) is 30.6. The van der Waals surface area contributed by atoms with Gasteiger partial charge < -0.3 is 0 Å². The summed E-state index contributed by atoms with van der Waals surface area (Å²) in [5.74, 6) is -0.111. The second-order valence-corrected chi connectivity index (χ2v) is 7.69. The van der Waals surface area contributed by atoms with E-state index in [1.165, 1.54) is 5.56 Å². The van der Waals surface area contributed by atoms with Gasteiger partial charge in [0.15, 0.2) is 0 Å². The third-order valence-electron chi connectivity index (χ3n) is 5.63. The number of carbonyl (C=O) groups is 1. The summed E-state index contributed by atoms with van der Waals surface area (Å²) in [5, 5.41) is 3.02. The molecular formula is C26H25N3O2. The highest BCUT2D eigenvalue weighted by Crippen LogP contribution is 2.32. The number of amides is 1. The summed E-state index contributed by atoms with van der Waals surface area (Å²) >= 11 is 0. The third kappa shape index (κ3) is 4.17. The highest BCUT2D eigenvalue weighted by atomic mass is 16.3. The van der Waals surface area contributed by atoms with Gasteiger partial charge in [-0.05, 0) is 56.0 Å². The number of allylic oxidation sites excluding steroid dienone is 3. The van der Waals surface area contributed by atoms with Gasteiger partial charge in [-0.3, -0.25) is 14.7 Å². The van der Waals surface area contributed by atoms with Crippen LogP contribution in [0.4, 0.5) is 5.69 Å². The van der Waals surface area contributed by atoms with Crippen LogP contribution in [0.2, 0.25) is 0 Å². The highest BCUT2D eigenvalue weighted by Gasteiger charge is 2.29. The van der Waals surface area contributed by atoms with E-state index < -0.39 is 0 Å². The first-order valence-electron chi connectivity index (χ1n) is 10.5. The average molecular weight is 412 g/mol. The maximum Gasteiger partial charge on any atom is 0.253 e. The van der Waals surface area contributed by atoms with Crippen LogP contribution in [0.3, 0.4) is 0 Å². The van der Waals surface area contributed by atoms with Gasteiger partial charge in [0, 0.05) is 16.8 Å². The number of rotatable bonds is 4. The lowest BCUT2D eigenvalue weighted by atomic mass is 9.95. The molecule has 0 saturated carbocycles. The topological polar surface area (TPSA) is 62.1 Å². The van der Waals surface area contributed by atoms with Crippen LogP contribution in [0.5, 0.6) is 0 Å². The Morgan fingerprint density at radius 3 is 2.71 bits per heavy atom. The fourth-order valence-corrected chi connectivity index (χ4v) is 4.09. The molecule has 5 nitrogen and oxygen atoms in total. The Hall–Kier alpha value is -3.60. The van der Waals surface area contributed by atoms with Crippen molar-refractivity contribution in [3.8, 4) is 0 Å². The molecule has 4 rings (SSSR count). The number of hydrogen-bond acceptors (Lipinski definition) is 4. The van der Waals surface area contributed by atoms with Crippen molar-refractivity contribution in [3.05, 3.63) is 99.1 Å². The Balaban J connectivity index is 1.83. The number of fused-ring (bicyclic) bond motifs is 1. The van der Waals surface area contributed by atoms with Gasteiger partial charge in [-0.1, -0.05) is 59.3 Å². The van der Waals surface area contributed by atoms with Crippen molar-refractivity contribution in [1.82, 2.24) is 0 Å². The van der Waals surface area contributed by atoms with Gasteiger partial charge in [-0.25, -0.2) is 0 Å². The summed E-state index contributed by atoms with van der Waals surface area (Å²) in [7, 11) is 0. The molecule has 5 heteroatoms. The number of benzene rings is 2. The van der Waals surface area contributed by atoms with Crippen LogP contribution in [0.15, 0.2) is 82.1 Å². The molecule has 0 fully saturated rings. The van der Waals surface area contributed by atoms with Crippen molar-refractivity contribution < 1.29 is 4.79 Å². The Kier molecular flexibility index (Phi) is 6.03. The molecule has 1 amide bonds. The van der Waals surface area contributed by atoms with Gasteiger partial charge in [0.1, 0.15) is 13.1 Å². The molecule has 0 unspecified atom stereocenters. The van der Waals surface area contributed by atoms with Crippen LogP contribution in [0.25, 0.3) is 6.08 Å². The fourth-order valence-electron chi connectivity index (χ4n) is 4.09. The quantitative estimate of drug-likeness (QED) is 0.634. The van der Waals surface area contributed by atoms with E-state index >= 15 is 0 Å². The molecule has 0 spiro atoms. The SMILES string of the molecule is C/C=C1\C(=C/CN=O)C(c2ccc(C)cc2)=NCC(=O)N1c1ccc2c(c1)C=CCC2. The number of nitrogens with zero attached hydrogens (tertiary/aromatic N) is 3. The van der Waals surface area contributed by atoms with E-state index in [4.69, 9.17) is 0 Å². The van der Waals surface area contributed by atoms with E-state index in [2.05, 4.69) is 34.5 Å². The first kappa shape index (κ1) is 20.7. The summed E-state index contributed by atoms with van der Waals surface area (Å²) in [6, 6.07) is 14.2. The van der Waals surface area contributed by atoms with Gasteiger partial charge in [0.05, 0.1) is 11.4 Å². The third-order valence-corrected chi connectivity index (χ3v) is 5.63. The zero-order chi connectivity index (χ0) is 21.8. The minimum atomic E-state index is -0.111. The Labute approximate surface area is 182 Å². The summed E-state index contributed by atoms with van der Waals surface area (Å²) in [6.07, 6.45) is 9.97. The Morgan fingerprint density at radius 1 is 1.16 bits per heavy atom. The number of nitroso groups, excluding NO2 is 1. The first-order chi connectivity index (χ1) is 15.1. The zero-order valence-corrected chi connectivity index (χ0v) is 17.8. The van der Waals surface area contributed by atoms with Crippen LogP contribution in [-0.2, 0) is 11.2 Å². The monoisotopic (exact) mass is 411 g/mol. The van der Waals surface area contributed by atoms with Crippen LogP contribution in [-0.4, -0.2) is 24.7 Å². The van der Waals surface area contributed by atoms with Crippen LogP contribution >= 0.6 is 0 Å². The summed E-state index contributed by atoms with van der Waals surface area (Å²) in [5.41, 5.74) is 7.42. The molecule has 2 aromatic rings. The molecule has 1 aliphatic carbocycles. The van der Waals surface area contributed by atoms with Crippen molar-refractivity contribution in [2.45, 2.75) is 26.7 Å². The number of carbonyl (C=O) groups excluding carboxylic acids is 1. The Morgan fingerprint density at radius 2 is 1.97 bits per heavy atom. The molecule has 31 heavy (non-hydrogen) atoms. The lowest BCUT2D eigenvalue weighted by Crippen LogP contribution is -2.32. The number of hydrogen-bond donors (Lipinski definition) is 0. The van der Waals surface area contributed by atoms with Crippen molar-refractivity contribution in [3.63, 3.8) is 0 Å². The molecule has 1 aliphatic heterocycles. The van der Waals surface area contributed by atoms with Crippen molar-refractivity contribution in [2.24, 2.45) is 10.2 Å². The highest BCUT2D eigenvalue weighted by molar-refractivity contribution is 6.19. The molecule has 2 aliphatic rings. The molecule has 156 valence electrons. The van der Waals surface area contributed by atoms with E-state index in [1.807, 2.05) is 50.3 Å². The first-order valence-corrected chi connectivity index (χ1v) is 10.5. The van der Waals surface area contributed by atoms with Gasteiger partial charge >= 0.3 is 0 Å². The molecule has 1 heterocycles. The van der Waals surface area contributed by atoms with Gasteiger partial charge in [-0.2, -0.15) is 4.91 Å². The molecule has 2 aromatic carbocycles. The van der Waals surface area contributed by atoms with E-state index in [1.54, 1.807) is 11.0 Å². The normalized spacial score (nSPS) is 18.7. The minimum Gasteiger partial charge on any atom is -0.279 e. The van der Waals surface area contributed by atoms with Gasteiger partial charge in [0.25, 0.3) is 5.91 Å². The second kappa shape index (κ2) is 9.04. The maximum atomic E-state index is 13.3. The van der Waals surface area contributed by atoms with E-state index in [9.17, 15) is 9.70 Å². The second-order valence-electron chi connectivity index (χ2n) is 7.69. The van der Waals surface area contributed by atoms with E-state index in [-0.39, 0.29) is 19.0 Å². The smallest absolute Gasteiger partial charge is 0.253 e. The van der Waals surface area contributed by atoms with E-state index in [0.29, 0.717) is 11.4 Å². The van der Waals surface area contributed by atoms with Crippen LogP contribution in [0.1, 0.15) is 35.6 Å². The number of aryl methyl sites for hydroxylation is 2. The average Bonchev–Trinajstić information content (AvgIpc) is 2.93. The number of anilines is 1. The molecule has 0 bridgehead atoms. The molecule has 0 atom stereocenters. The van der Waals surface area contributed by atoms with Crippen LogP contribution < -0.4 is 4.90 Å². The summed E-state index contributed by atoms with van der Waals surface area (Å²) < 4.78 is 0. The number of aliphatic imine (C=N–C) groups is 1. The van der Waals surface area contributed by atoms with Crippen LogP contribution in [0, 0.1) is 11.8 Å². The van der Waals surface area contributed by atoms with Gasteiger partial charge in [-0.15, -0.1) is 0 Å². The molecular weight excluding hydrogens is 386 g/mol. The largest absolute Gasteiger partial charge is 0.279 e. The standard InChI is InChI=1S/C26H25N3O2/c1-3-24-23(14-15-28-31)26(20-10-8-18(2)9-11-20)27-17-25(30)29(24)22-13-12-19-6-4-5-7-21(19)16-22/h3,5,7-14,16H,4,6,15,17H2,1-2H3/b23-14+,24-3+.